The van der Waals surface area contributed by atoms with Gasteiger partial charge in [-0.2, -0.15) is 5.10 Å². The van der Waals surface area contributed by atoms with E-state index in [0.717, 1.165) is 9.65 Å². The average Bonchev–Trinajstić information content (AvgIpc) is 2.72. The Labute approximate surface area is 116 Å². The van der Waals surface area contributed by atoms with E-state index >= 15 is 0 Å². The third kappa shape index (κ3) is 3.16. The summed E-state index contributed by atoms with van der Waals surface area (Å²) in [6.07, 6.45) is 5.70. The molecule has 0 spiro atoms. The minimum atomic E-state index is -1.07. The van der Waals surface area contributed by atoms with Crippen LogP contribution in [0.15, 0.2) is 36.7 Å². The lowest BCUT2D eigenvalue weighted by Gasteiger charge is -2.03. The van der Waals surface area contributed by atoms with Gasteiger partial charge in [-0.3, -0.25) is 0 Å². The number of halogens is 2. The van der Waals surface area contributed by atoms with E-state index in [2.05, 4.69) is 27.7 Å². The molecule has 0 unspecified atom stereocenters. The van der Waals surface area contributed by atoms with Crippen molar-refractivity contribution in [3.05, 3.63) is 51.6 Å². The van der Waals surface area contributed by atoms with E-state index < -0.39 is 11.8 Å². The molecule has 18 heavy (non-hydrogen) atoms. The molecule has 6 heteroatoms. The van der Waals surface area contributed by atoms with Crippen LogP contribution in [-0.2, 0) is 4.79 Å². The first-order valence-electron chi connectivity index (χ1n) is 4.97. The third-order valence-electron chi connectivity index (χ3n) is 2.14. The molecule has 0 atom stereocenters. The maximum Gasteiger partial charge on any atom is 0.328 e. The van der Waals surface area contributed by atoms with Crippen LogP contribution in [0.5, 0.6) is 0 Å². The predicted octanol–water partition coefficient (Wildman–Crippen LogP) is 2.71. The topological polar surface area (TPSA) is 55.1 Å². The van der Waals surface area contributed by atoms with Gasteiger partial charge in [-0.05, 0) is 52.4 Å². The first-order chi connectivity index (χ1) is 8.54. The van der Waals surface area contributed by atoms with Crippen molar-refractivity contribution in [2.24, 2.45) is 0 Å². The van der Waals surface area contributed by atoms with Crippen LogP contribution in [0.3, 0.4) is 0 Å². The normalized spacial score (nSPS) is 11.0. The van der Waals surface area contributed by atoms with Crippen molar-refractivity contribution in [3.8, 4) is 5.69 Å². The van der Waals surface area contributed by atoms with Crippen molar-refractivity contribution < 1.29 is 14.3 Å². The lowest BCUT2D eigenvalue weighted by molar-refractivity contribution is -0.131. The first-order valence-corrected chi connectivity index (χ1v) is 6.04. The number of benzene rings is 1. The summed E-state index contributed by atoms with van der Waals surface area (Å²) >= 11 is 2.10. The summed E-state index contributed by atoms with van der Waals surface area (Å²) < 4.78 is 15.9. The summed E-state index contributed by atoms with van der Waals surface area (Å²) in [5.41, 5.74) is 1.01. The summed E-state index contributed by atoms with van der Waals surface area (Å²) in [6, 6.07) is 4.25. The average molecular weight is 358 g/mol. The molecule has 2 rings (SSSR count). The van der Waals surface area contributed by atoms with Crippen molar-refractivity contribution in [1.82, 2.24) is 9.78 Å². The van der Waals surface area contributed by atoms with Gasteiger partial charge in [0.25, 0.3) is 0 Å². The number of aliphatic carboxylic acids is 1. The Morgan fingerprint density at radius 3 is 2.83 bits per heavy atom. The molecule has 0 saturated heterocycles. The van der Waals surface area contributed by atoms with Crippen molar-refractivity contribution in [2.45, 2.75) is 0 Å². The Hall–Kier alpha value is -1.70. The molecule has 4 nitrogen and oxygen atoms in total. The minimum Gasteiger partial charge on any atom is -0.478 e. The standard InChI is InChI=1S/C12H8FIN2O2/c13-9-3-8(1-2-12(17)18)4-11(5-9)16-7-10(14)6-15-16/h1-7H,(H,17,18)/b2-1+. The molecule has 1 heterocycles. The van der Waals surface area contributed by atoms with Gasteiger partial charge in [0.05, 0.1) is 15.5 Å². The third-order valence-corrected chi connectivity index (χ3v) is 2.70. The van der Waals surface area contributed by atoms with Crippen molar-refractivity contribution in [3.63, 3.8) is 0 Å². The molecule has 2 aromatic rings. The highest BCUT2D eigenvalue weighted by atomic mass is 127. The molecule has 1 aromatic heterocycles. The maximum atomic E-state index is 13.4. The van der Waals surface area contributed by atoms with E-state index in [1.54, 1.807) is 18.5 Å². The van der Waals surface area contributed by atoms with Gasteiger partial charge >= 0.3 is 5.97 Å². The minimum absolute atomic E-state index is 0.442. The van der Waals surface area contributed by atoms with Crippen LogP contribution in [0.1, 0.15) is 5.56 Å². The number of carbonyl (C=O) groups is 1. The largest absolute Gasteiger partial charge is 0.478 e. The molecule has 0 aliphatic rings. The number of aromatic nitrogens is 2. The zero-order chi connectivity index (χ0) is 13.1. The lowest BCUT2D eigenvalue weighted by atomic mass is 10.2. The SMILES string of the molecule is O=C(O)/C=C/c1cc(F)cc(-n2cc(I)cn2)c1. The summed E-state index contributed by atoms with van der Waals surface area (Å²) in [5.74, 6) is -1.52. The highest BCUT2D eigenvalue weighted by Gasteiger charge is 2.03. The van der Waals surface area contributed by atoms with Gasteiger partial charge in [0.1, 0.15) is 5.82 Å². The van der Waals surface area contributed by atoms with Crippen LogP contribution in [0.4, 0.5) is 4.39 Å². The molecule has 0 amide bonds. The quantitative estimate of drug-likeness (QED) is 0.678. The molecule has 92 valence electrons. The second-order valence-corrected chi connectivity index (χ2v) is 4.76. The predicted molar refractivity (Wildman–Crippen MR) is 72.9 cm³/mol. The fourth-order valence-electron chi connectivity index (χ4n) is 1.43. The Morgan fingerprint density at radius 2 is 2.22 bits per heavy atom. The van der Waals surface area contributed by atoms with E-state index in [9.17, 15) is 9.18 Å². The molecule has 0 fully saturated rings. The number of rotatable bonds is 3. The number of carboxylic acids is 1. The summed E-state index contributed by atoms with van der Waals surface area (Å²) in [4.78, 5) is 10.4. The second-order valence-electron chi connectivity index (χ2n) is 3.52. The van der Waals surface area contributed by atoms with Gasteiger partial charge in [0, 0.05) is 12.3 Å². The monoisotopic (exact) mass is 358 g/mol. The first kappa shape index (κ1) is 12.7. The van der Waals surface area contributed by atoms with E-state index in [4.69, 9.17) is 5.11 Å². The molecule has 0 saturated carbocycles. The summed E-state index contributed by atoms with van der Waals surface area (Å²) in [5, 5.41) is 12.6. The van der Waals surface area contributed by atoms with E-state index in [0.29, 0.717) is 11.3 Å². The van der Waals surface area contributed by atoms with Gasteiger partial charge in [0.15, 0.2) is 0 Å². The molecule has 1 aromatic carbocycles. The van der Waals surface area contributed by atoms with Crippen molar-refractivity contribution in [1.29, 1.82) is 0 Å². The molecule has 0 aliphatic heterocycles. The number of carboxylic acid groups (broad SMARTS) is 1. The van der Waals surface area contributed by atoms with Crippen LogP contribution in [0.2, 0.25) is 0 Å². The molecule has 1 N–H and O–H groups in total. The zero-order valence-corrected chi connectivity index (χ0v) is 11.2. The van der Waals surface area contributed by atoms with Gasteiger partial charge in [-0.1, -0.05) is 0 Å². The van der Waals surface area contributed by atoms with Gasteiger partial charge < -0.3 is 5.11 Å². The fourth-order valence-corrected chi connectivity index (χ4v) is 1.82. The maximum absolute atomic E-state index is 13.4. The highest BCUT2D eigenvalue weighted by molar-refractivity contribution is 14.1. The highest BCUT2D eigenvalue weighted by Crippen LogP contribution is 2.15. The van der Waals surface area contributed by atoms with E-state index in [1.165, 1.54) is 22.9 Å². The second kappa shape index (κ2) is 5.30. The Bertz CT molecular complexity index is 622. The van der Waals surface area contributed by atoms with Crippen LogP contribution >= 0.6 is 22.6 Å². The van der Waals surface area contributed by atoms with Crippen LogP contribution in [-0.4, -0.2) is 20.9 Å². The van der Waals surface area contributed by atoms with E-state index in [-0.39, 0.29) is 0 Å². The Morgan fingerprint density at radius 1 is 1.44 bits per heavy atom. The smallest absolute Gasteiger partial charge is 0.328 e. The molecular formula is C12H8FIN2O2. The zero-order valence-electron chi connectivity index (χ0n) is 9.05. The van der Waals surface area contributed by atoms with E-state index in [1.807, 2.05) is 0 Å². The van der Waals surface area contributed by atoms with Crippen LogP contribution in [0, 0.1) is 9.39 Å². The number of hydrogen-bond acceptors (Lipinski definition) is 2. The van der Waals surface area contributed by atoms with Gasteiger partial charge in [0.2, 0.25) is 0 Å². The Balaban J connectivity index is 2.41. The molecule has 0 aliphatic carbocycles. The fraction of sp³-hybridized carbons (Fsp3) is 0. The van der Waals surface area contributed by atoms with Crippen molar-refractivity contribution in [2.75, 3.05) is 0 Å². The molecular weight excluding hydrogens is 350 g/mol. The van der Waals surface area contributed by atoms with Crippen LogP contribution in [0.25, 0.3) is 11.8 Å². The Kier molecular flexibility index (Phi) is 3.75. The van der Waals surface area contributed by atoms with Crippen molar-refractivity contribution >= 4 is 34.6 Å². The summed E-state index contributed by atoms with van der Waals surface area (Å²) in [6.45, 7) is 0. The van der Waals surface area contributed by atoms with Gasteiger partial charge in [-0.15, -0.1) is 0 Å². The summed E-state index contributed by atoms with van der Waals surface area (Å²) in [7, 11) is 0. The number of hydrogen-bond donors (Lipinski definition) is 1. The molecule has 0 bridgehead atoms. The number of nitrogens with zero attached hydrogens (tertiary/aromatic N) is 2. The van der Waals surface area contributed by atoms with Crippen LogP contribution < -0.4 is 0 Å². The molecule has 0 radical (unpaired) electrons. The van der Waals surface area contributed by atoms with Gasteiger partial charge in [-0.25, -0.2) is 13.9 Å². The lowest BCUT2D eigenvalue weighted by Crippen LogP contribution is -1.96.